The van der Waals surface area contributed by atoms with Crippen LogP contribution in [-0.4, -0.2) is 44.7 Å². The maximum absolute atomic E-state index is 12.0. The van der Waals surface area contributed by atoms with Gasteiger partial charge in [0.25, 0.3) is 5.91 Å². The molecule has 0 radical (unpaired) electrons. The zero-order chi connectivity index (χ0) is 15.1. The predicted molar refractivity (Wildman–Crippen MR) is 79.6 cm³/mol. The van der Waals surface area contributed by atoms with Crippen LogP contribution in [0.15, 0.2) is 6.20 Å². The number of carbonyl (C=O) groups excluding carboxylic acids is 1. The molecule has 2 aromatic rings. The van der Waals surface area contributed by atoms with E-state index in [1.54, 1.807) is 25.0 Å². The van der Waals surface area contributed by atoms with Crippen LogP contribution in [0.25, 0.3) is 5.13 Å². The van der Waals surface area contributed by atoms with Gasteiger partial charge in [0.1, 0.15) is 4.88 Å². The van der Waals surface area contributed by atoms with E-state index in [9.17, 15) is 4.79 Å². The van der Waals surface area contributed by atoms with E-state index in [-0.39, 0.29) is 11.9 Å². The van der Waals surface area contributed by atoms with Crippen molar-refractivity contribution in [3.8, 4) is 5.13 Å². The van der Waals surface area contributed by atoms with Crippen LogP contribution in [0.1, 0.15) is 53.0 Å². The summed E-state index contributed by atoms with van der Waals surface area (Å²) in [6.07, 6.45) is 3.83. The molecule has 1 unspecified atom stereocenters. The molecule has 0 aliphatic heterocycles. The maximum atomic E-state index is 12.0. The van der Waals surface area contributed by atoms with E-state index in [0.717, 1.165) is 18.7 Å². The number of aromatic nitrogens is 4. The lowest BCUT2D eigenvalue weighted by Gasteiger charge is -2.07. The van der Waals surface area contributed by atoms with E-state index in [2.05, 4.69) is 15.1 Å². The van der Waals surface area contributed by atoms with E-state index in [4.69, 9.17) is 5.73 Å². The normalized spacial score (nSPS) is 16.0. The van der Waals surface area contributed by atoms with E-state index in [0.29, 0.717) is 21.8 Å². The van der Waals surface area contributed by atoms with Gasteiger partial charge in [0.15, 0.2) is 11.6 Å². The molecule has 112 valence electrons. The summed E-state index contributed by atoms with van der Waals surface area (Å²) >= 11 is 1.30. The lowest BCUT2D eigenvalue weighted by Crippen LogP contribution is -2.20. The van der Waals surface area contributed by atoms with Gasteiger partial charge in [-0.25, -0.2) is 9.97 Å². The molecule has 2 N–H and O–H groups in total. The second-order valence-corrected chi connectivity index (χ2v) is 6.52. The third-order valence-corrected chi connectivity index (χ3v) is 4.25. The van der Waals surface area contributed by atoms with Crippen LogP contribution in [0.4, 0.5) is 0 Å². The number of nitrogens with two attached hydrogens (primary N) is 1. The van der Waals surface area contributed by atoms with E-state index in [1.807, 2.05) is 6.92 Å². The zero-order valence-corrected chi connectivity index (χ0v) is 13.1. The van der Waals surface area contributed by atoms with Crippen molar-refractivity contribution in [1.82, 2.24) is 24.6 Å². The van der Waals surface area contributed by atoms with Gasteiger partial charge < -0.3 is 10.6 Å². The Bertz CT molecular complexity index is 670. The zero-order valence-electron chi connectivity index (χ0n) is 12.3. The van der Waals surface area contributed by atoms with Crippen LogP contribution in [0.5, 0.6) is 0 Å². The quantitative estimate of drug-likeness (QED) is 0.920. The minimum atomic E-state index is -0.234. The van der Waals surface area contributed by atoms with Crippen LogP contribution < -0.4 is 5.73 Å². The first-order chi connectivity index (χ1) is 9.97. The van der Waals surface area contributed by atoms with Gasteiger partial charge in [0, 0.05) is 20.0 Å². The van der Waals surface area contributed by atoms with Crippen molar-refractivity contribution in [3.05, 3.63) is 22.7 Å². The highest BCUT2D eigenvalue weighted by molar-refractivity contribution is 7.16. The molecular formula is C13H18N6OS. The second kappa shape index (κ2) is 5.19. The van der Waals surface area contributed by atoms with Crippen LogP contribution in [0, 0.1) is 0 Å². The summed E-state index contributed by atoms with van der Waals surface area (Å²) in [5.41, 5.74) is 5.98. The number of amides is 1. The smallest absolute Gasteiger partial charge is 0.265 e. The van der Waals surface area contributed by atoms with Crippen LogP contribution in [0.3, 0.4) is 0 Å². The third-order valence-electron chi connectivity index (χ3n) is 3.29. The fourth-order valence-electron chi connectivity index (χ4n) is 1.97. The van der Waals surface area contributed by atoms with Gasteiger partial charge >= 0.3 is 0 Å². The number of carbonyl (C=O) groups is 1. The number of hydrogen-bond donors (Lipinski definition) is 1. The molecule has 2 heterocycles. The molecule has 3 rings (SSSR count). The van der Waals surface area contributed by atoms with Gasteiger partial charge in [-0.2, -0.15) is 4.68 Å². The first kappa shape index (κ1) is 14.2. The van der Waals surface area contributed by atoms with Crippen molar-refractivity contribution < 1.29 is 4.79 Å². The number of rotatable bonds is 4. The molecule has 8 heteroatoms. The van der Waals surface area contributed by atoms with Gasteiger partial charge in [-0.3, -0.25) is 4.79 Å². The summed E-state index contributed by atoms with van der Waals surface area (Å²) in [6.45, 7) is 1.87. The Balaban J connectivity index is 1.97. The Morgan fingerprint density at radius 2 is 2.24 bits per heavy atom. The molecule has 1 aliphatic rings. The first-order valence-electron chi connectivity index (χ1n) is 6.87. The Morgan fingerprint density at radius 3 is 2.81 bits per heavy atom. The SMILES string of the molecule is CC(N)c1nc(C2CC2)nn1-c1ncc(C(=O)N(C)C)s1. The average Bonchev–Trinajstić information content (AvgIpc) is 3.02. The topological polar surface area (TPSA) is 89.9 Å². The predicted octanol–water partition coefficient (Wildman–Crippen LogP) is 1.32. The second-order valence-electron chi connectivity index (χ2n) is 5.51. The van der Waals surface area contributed by atoms with Gasteiger partial charge in [0.2, 0.25) is 5.13 Å². The molecule has 1 saturated carbocycles. The van der Waals surface area contributed by atoms with E-state index >= 15 is 0 Å². The maximum Gasteiger partial charge on any atom is 0.265 e. The Morgan fingerprint density at radius 1 is 1.52 bits per heavy atom. The highest BCUT2D eigenvalue weighted by Crippen LogP contribution is 2.38. The molecule has 1 fully saturated rings. The highest BCUT2D eigenvalue weighted by Gasteiger charge is 2.30. The summed E-state index contributed by atoms with van der Waals surface area (Å²) < 4.78 is 1.68. The molecule has 1 aliphatic carbocycles. The number of nitrogens with zero attached hydrogens (tertiary/aromatic N) is 5. The molecule has 0 bridgehead atoms. The molecule has 1 atom stereocenters. The van der Waals surface area contributed by atoms with Crippen molar-refractivity contribution >= 4 is 17.2 Å². The van der Waals surface area contributed by atoms with Gasteiger partial charge in [-0.1, -0.05) is 11.3 Å². The molecule has 1 amide bonds. The molecule has 0 spiro atoms. The third kappa shape index (κ3) is 2.68. The first-order valence-corrected chi connectivity index (χ1v) is 7.69. The highest BCUT2D eigenvalue weighted by atomic mass is 32.1. The van der Waals surface area contributed by atoms with Crippen molar-refractivity contribution in [2.45, 2.75) is 31.7 Å². The Labute approximate surface area is 126 Å². The number of hydrogen-bond acceptors (Lipinski definition) is 6. The standard InChI is InChI=1S/C13H18N6OS/c1-7(14)11-16-10(8-4-5-8)17-19(11)13-15-6-9(21-13)12(20)18(2)3/h6-8H,4-5,14H2,1-3H3. The van der Waals surface area contributed by atoms with Gasteiger partial charge in [-0.15, -0.1) is 5.10 Å². The lowest BCUT2D eigenvalue weighted by atomic mass is 10.3. The van der Waals surface area contributed by atoms with Crippen molar-refractivity contribution in [2.75, 3.05) is 14.1 Å². The Hall–Kier alpha value is -1.80. The fraction of sp³-hybridized carbons (Fsp3) is 0.538. The monoisotopic (exact) mass is 306 g/mol. The summed E-state index contributed by atoms with van der Waals surface area (Å²) in [6, 6.07) is -0.234. The van der Waals surface area contributed by atoms with Gasteiger partial charge in [0.05, 0.1) is 12.2 Å². The van der Waals surface area contributed by atoms with Crippen LogP contribution in [0.2, 0.25) is 0 Å². The van der Waals surface area contributed by atoms with E-state index < -0.39 is 0 Å². The Kier molecular flexibility index (Phi) is 3.50. The molecular weight excluding hydrogens is 288 g/mol. The molecule has 7 nitrogen and oxygen atoms in total. The number of thiazole rings is 1. The average molecular weight is 306 g/mol. The molecule has 0 aromatic carbocycles. The fourth-order valence-corrected chi connectivity index (χ4v) is 2.87. The van der Waals surface area contributed by atoms with Crippen LogP contribution >= 0.6 is 11.3 Å². The molecule has 0 saturated heterocycles. The molecule has 2 aromatic heterocycles. The van der Waals surface area contributed by atoms with Gasteiger partial charge in [-0.05, 0) is 19.8 Å². The lowest BCUT2D eigenvalue weighted by molar-refractivity contribution is 0.0832. The summed E-state index contributed by atoms with van der Waals surface area (Å²) in [4.78, 5) is 22.9. The minimum Gasteiger partial charge on any atom is -0.344 e. The van der Waals surface area contributed by atoms with Crippen molar-refractivity contribution in [2.24, 2.45) is 5.73 Å². The summed E-state index contributed by atoms with van der Waals surface area (Å²) in [5.74, 6) is 1.91. The van der Waals surface area contributed by atoms with Crippen molar-refractivity contribution in [3.63, 3.8) is 0 Å². The molecule has 21 heavy (non-hydrogen) atoms. The summed E-state index contributed by atoms with van der Waals surface area (Å²) in [5, 5.41) is 5.16. The van der Waals surface area contributed by atoms with Crippen LogP contribution in [-0.2, 0) is 0 Å². The van der Waals surface area contributed by atoms with Crippen molar-refractivity contribution in [1.29, 1.82) is 0 Å². The van der Waals surface area contributed by atoms with E-state index in [1.165, 1.54) is 16.2 Å². The summed E-state index contributed by atoms with van der Waals surface area (Å²) in [7, 11) is 3.44. The largest absolute Gasteiger partial charge is 0.344 e. The minimum absolute atomic E-state index is 0.0661.